The molecular weight excluding hydrogens is 254 g/mol. The SMILES string of the molecule is COCCN(CCOC)CC(O)c1cc(C)cc(C)c1. The van der Waals surface area contributed by atoms with Crippen molar-refractivity contribution in [3.8, 4) is 0 Å². The van der Waals surface area contributed by atoms with Crippen molar-refractivity contribution in [1.29, 1.82) is 0 Å². The van der Waals surface area contributed by atoms with Gasteiger partial charge in [0.2, 0.25) is 0 Å². The van der Waals surface area contributed by atoms with Crippen molar-refractivity contribution < 1.29 is 14.6 Å². The summed E-state index contributed by atoms with van der Waals surface area (Å²) in [6.45, 7) is 7.60. The Bertz CT molecular complexity index is 367. The molecular formula is C16H27NO3. The summed E-state index contributed by atoms with van der Waals surface area (Å²) in [5.74, 6) is 0. The molecule has 1 aromatic carbocycles. The summed E-state index contributed by atoms with van der Waals surface area (Å²) in [5.41, 5.74) is 3.33. The molecule has 0 spiro atoms. The van der Waals surface area contributed by atoms with Crippen LogP contribution < -0.4 is 0 Å². The monoisotopic (exact) mass is 281 g/mol. The Morgan fingerprint density at radius 1 is 1.00 bits per heavy atom. The fraction of sp³-hybridized carbons (Fsp3) is 0.625. The van der Waals surface area contributed by atoms with Crippen LogP contribution in [0.3, 0.4) is 0 Å². The van der Waals surface area contributed by atoms with Crippen LogP contribution >= 0.6 is 0 Å². The predicted octanol–water partition coefficient (Wildman–Crippen LogP) is 1.93. The average molecular weight is 281 g/mol. The highest BCUT2D eigenvalue weighted by Gasteiger charge is 2.14. The van der Waals surface area contributed by atoms with Gasteiger partial charge < -0.3 is 14.6 Å². The van der Waals surface area contributed by atoms with E-state index in [0.29, 0.717) is 19.8 Å². The molecule has 0 bridgehead atoms. The van der Waals surface area contributed by atoms with Gasteiger partial charge >= 0.3 is 0 Å². The number of aliphatic hydroxyl groups excluding tert-OH is 1. The van der Waals surface area contributed by atoms with Gasteiger partial charge in [-0.1, -0.05) is 29.3 Å². The second kappa shape index (κ2) is 9.08. The van der Waals surface area contributed by atoms with E-state index < -0.39 is 6.10 Å². The van der Waals surface area contributed by atoms with Gasteiger partial charge in [0.25, 0.3) is 0 Å². The van der Waals surface area contributed by atoms with E-state index in [9.17, 15) is 5.11 Å². The maximum Gasteiger partial charge on any atom is 0.0917 e. The van der Waals surface area contributed by atoms with Crippen molar-refractivity contribution in [3.05, 3.63) is 34.9 Å². The molecule has 20 heavy (non-hydrogen) atoms. The van der Waals surface area contributed by atoms with Crippen LogP contribution in [0.5, 0.6) is 0 Å². The number of hydrogen-bond donors (Lipinski definition) is 1. The third-order valence-corrected chi connectivity index (χ3v) is 3.28. The number of rotatable bonds is 9. The molecule has 1 unspecified atom stereocenters. The first-order chi connectivity index (χ1) is 9.56. The largest absolute Gasteiger partial charge is 0.387 e. The first-order valence-electron chi connectivity index (χ1n) is 7.03. The molecule has 0 heterocycles. The minimum absolute atomic E-state index is 0.484. The summed E-state index contributed by atoms with van der Waals surface area (Å²) < 4.78 is 10.2. The Kier molecular flexibility index (Phi) is 7.77. The summed E-state index contributed by atoms with van der Waals surface area (Å²) in [4.78, 5) is 2.16. The van der Waals surface area contributed by atoms with Crippen LogP contribution in [0.2, 0.25) is 0 Å². The van der Waals surface area contributed by atoms with E-state index in [0.717, 1.165) is 18.7 Å². The van der Waals surface area contributed by atoms with Gasteiger partial charge in [-0.2, -0.15) is 0 Å². The lowest BCUT2D eigenvalue weighted by atomic mass is 10.0. The number of ether oxygens (including phenoxy) is 2. The van der Waals surface area contributed by atoms with Gasteiger partial charge in [0.1, 0.15) is 0 Å². The van der Waals surface area contributed by atoms with Crippen LogP contribution in [0.4, 0.5) is 0 Å². The van der Waals surface area contributed by atoms with Crippen LogP contribution in [-0.4, -0.2) is 57.1 Å². The Morgan fingerprint density at radius 2 is 1.50 bits per heavy atom. The van der Waals surface area contributed by atoms with Crippen molar-refractivity contribution in [2.24, 2.45) is 0 Å². The lowest BCUT2D eigenvalue weighted by molar-refractivity contribution is 0.0696. The summed E-state index contributed by atoms with van der Waals surface area (Å²) in [7, 11) is 3.38. The number of aliphatic hydroxyl groups is 1. The molecule has 1 N–H and O–H groups in total. The third-order valence-electron chi connectivity index (χ3n) is 3.28. The second-order valence-corrected chi connectivity index (χ2v) is 5.22. The zero-order valence-corrected chi connectivity index (χ0v) is 13.1. The minimum Gasteiger partial charge on any atom is -0.387 e. The van der Waals surface area contributed by atoms with Gasteiger partial charge in [-0.05, 0) is 19.4 Å². The first-order valence-corrected chi connectivity index (χ1v) is 7.03. The predicted molar refractivity (Wildman–Crippen MR) is 81.1 cm³/mol. The molecule has 0 aromatic heterocycles. The van der Waals surface area contributed by atoms with Crippen molar-refractivity contribution in [2.75, 3.05) is 47.1 Å². The molecule has 0 radical (unpaired) electrons. The van der Waals surface area contributed by atoms with E-state index in [1.54, 1.807) is 14.2 Å². The van der Waals surface area contributed by atoms with Crippen LogP contribution in [-0.2, 0) is 9.47 Å². The van der Waals surface area contributed by atoms with Crippen LogP contribution in [0.15, 0.2) is 18.2 Å². The summed E-state index contributed by atoms with van der Waals surface area (Å²) in [6.07, 6.45) is -0.484. The third kappa shape index (κ3) is 6.01. The molecule has 0 amide bonds. The van der Waals surface area contributed by atoms with Gasteiger partial charge in [0.05, 0.1) is 19.3 Å². The van der Waals surface area contributed by atoms with E-state index in [-0.39, 0.29) is 0 Å². The minimum atomic E-state index is -0.484. The summed E-state index contributed by atoms with van der Waals surface area (Å²) in [5, 5.41) is 10.4. The fourth-order valence-electron chi connectivity index (χ4n) is 2.29. The number of nitrogens with zero attached hydrogens (tertiary/aromatic N) is 1. The quantitative estimate of drug-likeness (QED) is 0.751. The van der Waals surface area contributed by atoms with Gasteiger partial charge in [-0.25, -0.2) is 0 Å². The molecule has 0 fully saturated rings. The van der Waals surface area contributed by atoms with Crippen LogP contribution in [0.1, 0.15) is 22.8 Å². The fourth-order valence-corrected chi connectivity index (χ4v) is 2.29. The molecule has 1 rings (SSSR count). The van der Waals surface area contributed by atoms with E-state index in [2.05, 4.69) is 24.8 Å². The maximum absolute atomic E-state index is 10.4. The van der Waals surface area contributed by atoms with Crippen LogP contribution in [0.25, 0.3) is 0 Å². The number of benzene rings is 1. The number of methoxy groups -OCH3 is 2. The summed E-state index contributed by atoms with van der Waals surface area (Å²) in [6, 6.07) is 6.20. The Hall–Kier alpha value is -0.940. The van der Waals surface area contributed by atoms with Crippen LogP contribution in [0, 0.1) is 13.8 Å². The molecule has 4 nitrogen and oxygen atoms in total. The van der Waals surface area contributed by atoms with E-state index in [1.807, 2.05) is 12.1 Å². The smallest absolute Gasteiger partial charge is 0.0917 e. The highest BCUT2D eigenvalue weighted by atomic mass is 16.5. The van der Waals surface area contributed by atoms with Gasteiger partial charge in [0.15, 0.2) is 0 Å². The maximum atomic E-state index is 10.4. The molecule has 0 aliphatic carbocycles. The Labute approximate surface area is 122 Å². The molecule has 0 saturated carbocycles. The van der Waals surface area contributed by atoms with Gasteiger partial charge in [-0.15, -0.1) is 0 Å². The second-order valence-electron chi connectivity index (χ2n) is 5.22. The molecule has 0 saturated heterocycles. The van der Waals surface area contributed by atoms with Gasteiger partial charge in [-0.3, -0.25) is 4.90 Å². The highest BCUT2D eigenvalue weighted by molar-refractivity contribution is 5.30. The molecule has 1 atom stereocenters. The molecule has 0 aliphatic heterocycles. The van der Waals surface area contributed by atoms with Crippen molar-refractivity contribution in [3.63, 3.8) is 0 Å². The standard InChI is InChI=1S/C16H27NO3/c1-13-9-14(2)11-15(10-13)16(18)12-17(5-7-19-3)6-8-20-4/h9-11,16,18H,5-8,12H2,1-4H3. The number of hydrogen-bond acceptors (Lipinski definition) is 4. The lowest BCUT2D eigenvalue weighted by Gasteiger charge is -2.25. The average Bonchev–Trinajstić information content (AvgIpc) is 2.40. The van der Waals surface area contributed by atoms with E-state index in [1.165, 1.54) is 11.1 Å². The molecule has 0 aliphatic rings. The Balaban J connectivity index is 2.65. The Morgan fingerprint density at radius 3 is 1.95 bits per heavy atom. The highest BCUT2D eigenvalue weighted by Crippen LogP contribution is 2.18. The lowest BCUT2D eigenvalue weighted by Crippen LogP contribution is -2.34. The van der Waals surface area contributed by atoms with Crippen molar-refractivity contribution in [2.45, 2.75) is 20.0 Å². The zero-order valence-electron chi connectivity index (χ0n) is 13.1. The molecule has 4 heteroatoms. The molecule has 114 valence electrons. The van der Waals surface area contributed by atoms with E-state index >= 15 is 0 Å². The van der Waals surface area contributed by atoms with Gasteiger partial charge in [0, 0.05) is 33.9 Å². The topological polar surface area (TPSA) is 41.9 Å². The van der Waals surface area contributed by atoms with Crippen molar-refractivity contribution >= 4 is 0 Å². The number of aryl methyl sites for hydroxylation is 2. The normalized spacial score (nSPS) is 12.9. The zero-order chi connectivity index (χ0) is 15.0. The molecule has 1 aromatic rings. The van der Waals surface area contributed by atoms with Crippen molar-refractivity contribution in [1.82, 2.24) is 4.90 Å². The summed E-state index contributed by atoms with van der Waals surface area (Å²) >= 11 is 0. The first kappa shape index (κ1) is 17.1. The van der Waals surface area contributed by atoms with E-state index in [4.69, 9.17) is 9.47 Å².